The second kappa shape index (κ2) is 6.29. The molecular formula is C10H10BrF2NO4S. The van der Waals surface area contributed by atoms with E-state index in [1.54, 1.807) is 0 Å². The lowest BCUT2D eigenvalue weighted by Gasteiger charge is -2.09. The van der Waals surface area contributed by atoms with Gasteiger partial charge < -0.3 is 5.11 Å². The Morgan fingerprint density at radius 2 is 1.95 bits per heavy atom. The standard InChI is InChI=1S/C10H10BrF2NO4S/c11-6-4-8(13)9(5-7(6)12)14-19(17,18)3-1-2-10(15)16/h4-5,14H,1-3H2,(H,15,16). The fraction of sp³-hybridized carbons (Fsp3) is 0.300. The molecule has 9 heteroatoms. The highest BCUT2D eigenvalue weighted by atomic mass is 79.9. The number of aliphatic carboxylic acids is 1. The van der Waals surface area contributed by atoms with Gasteiger partial charge in [-0.1, -0.05) is 0 Å². The SMILES string of the molecule is O=C(O)CCCS(=O)(=O)Nc1cc(F)c(Br)cc1F. The summed E-state index contributed by atoms with van der Waals surface area (Å²) in [5.41, 5.74) is -0.518. The van der Waals surface area contributed by atoms with Crippen molar-refractivity contribution in [2.75, 3.05) is 10.5 Å². The Balaban J connectivity index is 2.78. The van der Waals surface area contributed by atoms with Crippen molar-refractivity contribution in [1.29, 1.82) is 0 Å². The molecular weight excluding hydrogens is 348 g/mol. The van der Waals surface area contributed by atoms with Crippen LogP contribution < -0.4 is 4.72 Å². The van der Waals surface area contributed by atoms with Crippen molar-refractivity contribution in [1.82, 2.24) is 0 Å². The Morgan fingerprint density at radius 3 is 2.53 bits per heavy atom. The van der Waals surface area contributed by atoms with Crippen LogP contribution in [0, 0.1) is 11.6 Å². The molecule has 1 aromatic carbocycles. The van der Waals surface area contributed by atoms with Crippen LogP contribution in [0.2, 0.25) is 0 Å². The number of anilines is 1. The molecule has 0 saturated heterocycles. The second-order valence-electron chi connectivity index (χ2n) is 3.66. The number of hydrogen-bond donors (Lipinski definition) is 2. The lowest BCUT2D eigenvalue weighted by Crippen LogP contribution is -2.18. The lowest BCUT2D eigenvalue weighted by atomic mass is 10.3. The van der Waals surface area contributed by atoms with E-state index in [1.165, 1.54) is 0 Å². The predicted octanol–water partition coefficient (Wildman–Crippen LogP) is 2.33. The van der Waals surface area contributed by atoms with Gasteiger partial charge in [-0.3, -0.25) is 9.52 Å². The van der Waals surface area contributed by atoms with Crippen molar-refractivity contribution in [2.45, 2.75) is 12.8 Å². The number of sulfonamides is 1. The lowest BCUT2D eigenvalue weighted by molar-refractivity contribution is -0.137. The smallest absolute Gasteiger partial charge is 0.303 e. The van der Waals surface area contributed by atoms with Gasteiger partial charge in [0, 0.05) is 12.5 Å². The van der Waals surface area contributed by atoms with Crippen molar-refractivity contribution in [3.63, 3.8) is 0 Å². The third-order valence-corrected chi connectivity index (χ3v) is 4.04. The van der Waals surface area contributed by atoms with Crippen LogP contribution in [0.5, 0.6) is 0 Å². The molecule has 0 bridgehead atoms. The molecule has 0 aliphatic heterocycles. The fourth-order valence-electron chi connectivity index (χ4n) is 1.23. The van der Waals surface area contributed by atoms with Gasteiger partial charge in [0.15, 0.2) is 0 Å². The Bertz CT molecular complexity index is 591. The average molecular weight is 358 g/mol. The van der Waals surface area contributed by atoms with Gasteiger partial charge in [0.05, 0.1) is 15.9 Å². The largest absolute Gasteiger partial charge is 0.481 e. The summed E-state index contributed by atoms with van der Waals surface area (Å²) in [6.45, 7) is 0. The Hall–Kier alpha value is -1.22. The minimum absolute atomic E-state index is 0.120. The van der Waals surface area contributed by atoms with Crippen LogP contribution in [-0.2, 0) is 14.8 Å². The number of benzene rings is 1. The van der Waals surface area contributed by atoms with Crippen LogP contribution in [0.25, 0.3) is 0 Å². The third kappa shape index (κ3) is 5.11. The van der Waals surface area contributed by atoms with Gasteiger partial charge >= 0.3 is 5.97 Å². The molecule has 0 saturated carbocycles. The number of hydrogen-bond acceptors (Lipinski definition) is 3. The van der Waals surface area contributed by atoms with Crippen LogP contribution in [0.1, 0.15) is 12.8 Å². The predicted molar refractivity (Wildman–Crippen MR) is 68.3 cm³/mol. The van der Waals surface area contributed by atoms with E-state index in [2.05, 4.69) is 15.9 Å². The highest BCUT2D eigenvalue weighted by Gasteiger charge is 2.16. The maximum Gasteiger partial charge on any atom is 0.303 e. The zero-order valence-electron chi connectivity index (χ0n) is 9.49. The highest BCUT2D eigenvalue weighted by Crippen LogP contribution is 2.24. The number of carbonyl (C=O) groups is 1. The fourth-order valence-corrected chi connectivity index (χ4v) is 2.67. The van der Waals surface area contributed by atoms with E-state index in [0.717, 1.165) is 6.07 Å². The van der Waals surface area contributed by atoms with Crippen molar-refractivity contribution in [2.24, 2.45) is 0 Å². The van der Waals surface area contributed by atoms with Crippen LogP contribution in [0.3, 0.4) is 0 Å². The zero-order chi connectivity index (χ0) is 14.6. The van der Waals surface area contributed by atoms with Crippen LogP contribution in [0.15, 0.2) is 16.6 Å². The monoisotopic (exact) mass is 357 g/mol. The molecule has 0 radical (unpaired) electrons. The molecule has 1 rings (SSSR count). The summed E-state index contributed by atoms with van der Waals surface area (Å²) < 4.78 is 51.4. The Kier molecular flexibility index (Phi) is 5.24. The quantitative estimate of drug-likeness (QED) is 0.765. The first-order chi connectivity index (χ1) is 8.71. The van der Waals surface area contributed by atoms with Crippen molar-refractivity contribution < 1.29 is 27.1 Å². The van der Waals surface area contributed by atoms with Gasteiger partial charge in [-0.2, -0.15) is 0 Å². The molecule has 106 valence electrons. The number of halogens is 3. The summed E-state index contributed by atoms with van der Waals surface area (Å²) in [4.78, 5) is 10.2. The molecule has 5 nitrogen and oxygen atoms in total. The van der Waals surface area contributed by atoms with Crippen molar-refractivity contribution >= 4 is 37.6 Å². The van der Waals surface area contributed by atoms with Gasteiger partial charge in [0.2, 0.25) is 10.0 Å². The van der Waals surface area contributed by atoms with Gasteiger partial charge in [-0.15, -0.1) is 0 Å². The molecule has 0 unspecified atom stereocenters. The summed E-state index contributed by atoms with van der Waals surface area (Å²) in [5, 5.41) is 8.38. The van der Waals surface area contributed by atoms with Gasteiger partial charge in [-0.25, -0.2) is 17.2 Å². The third-order valence-electron chi connectivity index (χ3n) is 2.08. The van der Waals surface area contributed by atoms with E-state index in [9.17, 15) is 22.0 Å². The molecule has 0 amide bonds. The molecule has 0 spiro atoms. The molecule has 0 heterocycles. The number of nitrogens with one attached hydrogen (secondary N) is 1. The maximum atomic E-state index is 13.4. The molecule has 1 aromatic rings. The van der Waals surface area contributed by atoms with E-state index < -0.39 is 39.1 Å². The summed E-state index contributed by atoms with van der Waals surface area (Å²) in [7, 11) is -3.92. The van der Waals surface area contributed by atoms with Gasteiger partial charge in [-0.05, 0) is 28.4 Å². The maximum absolute atomic E-state index is 13.4. The first kappa shape index (κ1) is 15.8. The van der Waals surface area contributed by atoms with Crippen LogP contribution in [0.4, 0.5) is 14.5 Å². The van der Waals surface area contributed by atoms with Crippen molar-refractivity contribution in [3.05, 3.63) is 28.2 Å². The van der Waals surface area contributed by atoms with Gasteiger partial charge in [0.25, 0.3) is 0 Å². The van der Waals surface area contributed by atoms with E-state index in [4.69, 9.17) is 5.11 Å². The molecule has 0 aliphatic rings. The van der Waals surface area contributed by atoms with E-state index >= 15 is 0 Å². The number of carboxylic acids is 1. The van der Waals surface area contributed by atoms with Crippen LogP contribution >= 0.6 is 15.9 Å². The molecule has 2 N–H and O–H groups in total. The highest BCUT2D eigenvalue weighted by molar-refractivity contribution is 9.10. The summed E-state index contributed by atoms with van der Waals surface area (Å²) in [6, 6.07) is 1.50. The Morgan fingerprint density at radius 1 is 1.32 bits per heavy atom. The topological polar surface area (TPSA) is 83.5 Å². The van der Waals surface area contributed by atoms with Gasteiger partial charge in [0.1, 0.15) is 11.6 Å². The van der Waals surface area contributed by atoms with E-state index in [1.807, 2.05) is 4.72 Å². The zero-order valence-corrected chi connectivity index (χ0v) is 11.9. The summed E-state index contributed by atoms with van der Waals surface area (Å²) in [6.07, 6.45) is -0.441. The van der Waals surface area contributed by atoms with E-state index in [-0.39, 0.29) is 17.3 Å². The second-order valence-corrected chi connectivity index (χ2v) is 6.36. The minimum atomic E-state index is -3.92. The average Bonchev–Trinajstić information content (AvgIpc) is 2.24. The molecule has 0 aliphatic carbocycles. The molecule has 0 atom stereocenters. The minimum Gasteiger partial charge on any atom is -0.481 e. The summed E-state index contributed by atoms with van der Waals surface area (Å²) in [5.74, 6) is -3.37. The molecule has 19 heavy (non-hydrogen) atoms. The summed E-state index contributed by atoms with van der Waals surface area (Å²) >= 11 is 2.76. The first-order valence-corrected chi connectivity index (χ1v) is 7.52. The molecule has 0 fully saturated rings. The Labute approximate surface area is 116 Å². The number of carboxylic acid groups (broad SMARTS) is 1. The van der Waals surface area contributed by atoms with Crippen LogP contribution in [-0.4, -0.2) is 25.2 Å². The number of rotatable bonds is 6. The normalized spacial score (nSPS) is 11.3. The van der Waals surface area contributed by atoms with E-state index in [0.29, 0.717) is 6.07 Å². The first-order valence-electron chi connectivity index (χ1n) is 5.08. The van der Waals surface area contributed by atoms with Crippen molar-refractivity contribution in [3.8, 4) is 0 Å². The molecule has 0 aromatic heterocycles.